The molecule has 0 aliphatic heterocycles. The summed E-state index contributed by atoms with van der Waals surface area (Å²) in [6.45, 7) is 4.77. The summed E-state index contributed by atoms with van der Waals surface area (Å²) < 4.78 is 0. The van der Waals surface area contributed by atoms with Gasteiger partial charge in [-0.25, -0.2) is 15.0 Å². The quantitative estimate of drug-likeness (QED) is 0.710. The molecule has 0 aromatic carbocycles. The molecule has 0 unspecified atom stereocenters. The minimum atomic E-state index is -0.296. The number of anilines is 2. The van der Waals surface area contributed by atoms with Crippen molar-refractivity contribution in [3.63, 3.8) is 0 Å². The molecule has 3 N–H and O–H groups in total. The molecule has 1 saturated carbocycles. The van der Waals surface area contributed by atoms with Crippen LogP contribution in [-0.2, 0) is 6.42 Å². The minimum absolute atomic E-state index is 0.158. The molecule has 3 rings (SSSR count). The fourth-order valence-corrected chi connectivity index (χ4v) is 3.38. The van der Waals surface area contributed by atoms with Crippen molar-refractivity contribution >= 4 is 11.8 Å². The van der Waals surface area contributed by atoms with E-state index in [2.05, 4.69) is 50.5 Å². The zero-order valence-corrected chi connectivity index (χ0v) is 15.7. The topological polar surface area (TPSA) is 120 Å². The maximum atomic E-state index is 10.1. The fraction of sp³-hybridized carbons (Fsp3) is 0.526. The largest absolute Gasteiger partial charge is 0.393 e. The van der Waals surface area contributed by atoms with Gasteiger partial charge >= 0.3 is 0 Å². The second kappa shape index (κ2) is 8.27. The van der Waals surface area contributed by atoms with E-state index in [1.54, 1.807) is 12.4 Å². The SMILES string of the molecule is CC1(C)C[C@H](Nc2nc(NCCc3cncnc3)ncc2C#N)CC[C@@H]1O. The van der Waals surface area contributed by atoms with Crippen LogP contribution in [0.1, 0.15) is 44.2 Å². The number of nitrogens with one attached hydrogen (secondary N) is 2. The lowest BCUT2D eigenvalue weighted by molar-refractivity contribution is 0.00926. The molecule has 2 aromatic heterocycles. The minimum Gasteiger partial charge on any atom is -0.393 e. The maximum Gasteiger partial charge on any atom is 0.224 e. The zero-order chi connectivity index (χ0) is 19.3. The number of aromatic nitrogens is 4. The zero-order valence-electron chi connectivity index (χ0n) is 15.7. The van der Waals surface area contributed by atoms with Gasteiger partial charge in [0.2, 0.25) is 5.95 Å². The van der Waals surface area contributed by atoms with E-state index < -0.39 is 0 Å². The lowest BCUT2D eigenvalue weighted by atomic mass is 9.73. The maximum absolute atomic E-state index is 10.1. The molecule has 1 aliphatic carbocycles. The standard InChI is InChI=1S/C19H25N7O/c1-19(2)7-15(3-4-16(19)27)25-17-14(8-20)11-24-18(26-17)23-6-5-13-9-21-12-22-10-13/h9-12,15-16,27H,3-7H2,1-2H3,(H2,23,24,25,26)/t15-,16+/m1/s1. The number of nitrogens with zero attached hydrogens (tertiary/aromatic N) is 5. The average Bonchev–Trinajstić information content (AvgIpc) is 2.66. The van der Waals surface area contributed by atoms with Gasteiger partial charge in [-0.1, -0.05) is 13.8 Å². The Kier molecular flexibility index (Phi) is 5.81. The predicted molar refractivity (Wildman–Crippen MR) is 102 cm³/mol. The normalized spacial score (nSPS) is 21.3. The third kappa shape index (κ3) is 4.89. The van der Waals surface area contributed by atoms with Crippen LogP contribution in [0.25, 0.3) is 0 Å². The van der Waals surface area contributed by atoms with Gasteiger partial charge in [0.05, 0.1) is 12.3 Å². The van der Waals surface area contributed by atoms with E-state index >= 15 is 0 Å². The van der Waals surface area contributed by atoms with Crippen LogP contribution in [-0.4, -0.2) is 43.7 Å². The van der Waals surface area contributed by atoms with Crippen LogP contribution in [0.5, 0.6) is 0 Å². The van der Waals surface area contributed by atoms with Crippen LogP contribution >= 0.6 is 0 Å². The number of aliphatic hydroxyl groups excluding tert-OH is 1. The van der Waals surface area contributed by atoms with Gasteiger partial charge in [-0.3, -0.25) is 0 Å². The highest BCUT2D eigenvalue weighted by molar-refractivity contribution is 5.54. The van der Waals surface area contributed by atoms with Crippen molar-refractivity contribution < 1.29 is 5.11 Å². The van der Waals surface area contributed by atoms with Crippen molar-refractivity contribution in [2.45, 2.75) is 51.7 Å². The van der Waals surface area contributed by atoms with E-state index in [-0.39, 0.29) is 17.6 Å². The van der Waals surface area contributed by atoms with E-state index in [9.17, 15) is 10.4 Å². The number of hydrogen-bond donors (Lipinski definition) is 3. The van der Waals surface area contributed by atoms with E-state index in [4.69, 9.17) is 0 Å². The Hall–Kier alpha value is -2.79. The van der Waals surface area contributed by atoms with Gasteiger partial charge in [-0.2, -0.15) is 10.2 Å². The predicted octanol–water partition coefficient (Wildman–Crippen LogP) is 2.14. The van der Waals surface area contributed by atoms with Crippen molar-refractivity contribution in [1.29, 1.82) is 5.26 Å². The summed E-state index contributed by atoms with van der Waals surface area (Å²) in [6, 6.07) is 2.31. The van der Waals surface area contributed by atoms with Crippen LogP contribution < -0.4 is 10.6 Å². The first kappa shape index (κ1) is 19.0. The van der Waals surface area contributed by atoms with Gasteiger partial charge in [-0.05, 0) is 36.7 Å². The number of aliphatic hydroxyl groups is 1. The number of nitriles is 1. The Labute approximate surface area is 159 Å². The third-order valence-corrected chi connectivity index (χ3v) is 5.02. The molecule has 0 bridgehead atoms. The summed E-state index contributed by atoms with van der Waals surface area (Å²) in [5.74, 6) is 1.01. The van der Waals surface area contributed by atoms with Crippen molar-refractivity contribution in [2.24, 2.45) is 5.41 Å². The Morgan fingerprint density at radius 2 is 2.04 bits per heavy atom. The van der Waals surface area contributed by atoms with Gasteiger partial charge < -0.3 is 15.7 Å². The van der Waals surface area contributed by atoms with Gasteiger partial charge in [0.25, 0.3) is 0 Å². The third-order valence-electron chi connectivity index (χ3n) is 5.02. The molecule has 1 aliphatic rings. The molecule has 0 saturated heterocycles. The molecule has 0 amide bonds. The van der Waals surface area contributed by atoms with Crippen LogP contribution in [0.4, 0.5) is 11.8 Å². The summed E-state index contributed by atoms with van der Waals surface area (Å²) >= 11 is 0. The molecule has 1 fully saturated rings. The van der Waals surface area contributed by atoms with E-state index in [1.807, 2.05) is 0 Å². The fourth-order valence-electron chi connectivity index (χ4n) is 3.38. The van der Waals surface area contributed by atoms with E-state index in [0.717, 1.165) is 31.2 Å². The van der Waals surface area contributed by atoms with E-state index in [0.29, 0.717) is 23.9 Å². The van der Waals surface area contributed by atoms with Crippen molar-refractivity contribution in [2.75, 3.05) is 17.2 Å². The molecule has 2 heterocycles. The van der Waals surface area contributed by atoms with Crippen LogP contribution in [0.15, 0.2) is 24.9 Å². The van der Waals surface area contributed by atoms with Crippen LogP contribution in [0.2, 0.25) is 0 Å². The molecule has 2 aromatic rings. The molecule has 27 heavy (non-hydrogen) atoms. The number of rotatable bonds is 6. The van der Waals surface area contributed by atoms with Crippen LogP contribution in [0, 0.1) is 16.7 Å². The molecular weight excluding hydrogens is 342 g/mol. The van der Waals surface area contributed by atoms with Gasteiger partial charge in [0.1, 0.15) is 23.8 Å². The highest BCUT2D eigenvalue weighted by Gasteiger charge is 2.35. The highest BCUT2D eigenvalue weighted by Crippen LogP contribution is 2.36. The van der Waals surface area contributed by atoms with Gasteiger partial charge in [0, 0.05) is 25.0 Å². The second-order valence-electron chi connectivity index (χ2n) is 7.62. The second-order valence-corrected chi connectivity index (χ2v) is 7.62. The molecule has 142 valence electrons. The first-order chi connectivity index (χ1) is 13.0. The molecule has 0 radical (unpaired) electrons. The Bertz CT molecular complexity index is 803. The first-order valence-electron chi connectivity index (χ1n) is 9.17. The smallest absolute Gasteiger partial charge is 0.224 e. The van der Waals surface area contributed by atoms with Gasteiger partial charge in [-0.15, -0.1) is 0 Å². The summed E-state index contributed by atoms with van der Waals surface area (Å²) in [7, 11) is 0. The van der Waals surface area contributed by atoms with Crippen molar-refractivity contribution in [3.8, 4) is 6.07 Å². The molecule has 8 nitrogen and oxygen atoms in total. The summed E-state index contributed by atoms with van der Waals surface area (Å²) in [6.07, 6.45) is 9.45. The summed E-state index contributed by atoms with van der Waals surface area (Å²) in [5, 5.41) is 26.1. The highest BCUT2D eigenvalue weighted by atomic mass is 16.3. The Balaban J connectivity index is 1.64. The lowest BCUT2D eigenvalue weighted by Crippen LogP contribution is -2.41. The molecule has 2 atom stereocenters. The molecule has 0 spiro atoms. The van der Waals surface area contributed by atoms with Gasteiger partial charge in [0.15, 0.2) is 0 Å². The number of hydrogen-bond acceptors (Lipinski definition) is 8. The lowest BCUT2D eigenvalue weighted by Gasteiger charge is -2.40. The first-order valence-corrected chi connectivity index (χ1v) is 9.17. The van der Waals surface area contributed by atoms with Crippen LogP contribution in [0.3, 0.4) is 0 Å². The van der Waals surface area contributed by atoms with E-state index in [1.165, 1.54) is 12.5 Å². The Morgan fingerprint density at radius 3 is 2.74 bits per heavy atom. The van der Waals surface area contributed by atoms with Crippen molar-refractivity contribution in [3.05, 3.63) is 36.0 Å². The average molecular weight is 367 g/mol. The molecule has 8 heteroatoms. The van der Waals surface area contributed by atoms with Crippen molar-refractivity contribution in [1.82, 2.24) is 19.9 Å². The summed E-state index contributed by atoms with van der Waals surface area (Å²) in [5.41, 5.74) is 1.29. The summed E-state index contributed by atoms with van der Waals surface area (Å²) in [4.78, 5) is 16.7. The monoisotopic (exact) mass is 367 g/mol. The molecular formula is C19H25N7O. The Morgan fingerprint density at radius 1 is 1.26 bits per heavy atom.